The van der Waals surface area contributed by atoms with Gasteiger partial charge < -0.3 is 19.4 Å². The minimum Gasteiger partial charge on any atom is -0.487 e. The van der Waals surface area contributed by atoms with Crippen LogP contribution in [-0.4, -0.2) is 40.8 Å². The lowest BCUT2D eigenvalue weighted by molar-refractivity contribution is -0.128. The molecule has 28 heavy (non-hydrogen) atoms. The van der Waals surface area contributed by atoms with E-state index < -0.39 is 0 Å². The van der Waals surface area contributed by atoms with Gasteiger partial charge in [0, 0.05) is 39.5 Å². The number of ether oxygens (including phenoxy) is 1. The highest BCUT2D eigenvalue weighted by atomic mass is 16.5. The third-order valence-electron chi connectivity index (χ3n) is 4.61. The SMILES string of the molecule is Cc1cccn2cc(COc3ccc(CNCCCC(=O)N(C)C)cc3)nc12. The quantitative estimate of drug-likeness (QED) is 0.579. The van der Waals surface area contributed by atoms with Crippen LogP contribution in [0.1, 0.15) is 29.7 Å². The molecule has 0 unspecified atom stereocenters. The normalized spacial score (nSPS) is 11.0. The number of pyridine rings is 1. The summed E-state index contributed by atoms with van der Waals surface area (Å²) in [5.74, 6) is 0.998. The number of imidazole rings is 1. The number of hydrogen-bond donors (Lipinski definition) is 1. The second-order valence-electron chi connectivity index (χ2n) is 7.16. The zero-order chi connectivity index (χ0) is 19.9. The number of hydrogen-bond acceptors (Lipinski definition) is 4. The first-order valence-corrected chi connectivity index (χ1v) is 9.59. The highest BCUT2D eigenvalue weighted by Crippen LogP contribution is 2.15. The number of aryl methyl sites for hydroxylation is 1. The Balaban J connectivity index is 1.42. The Bertz CT molecular complexity index is 916. The molecule has 1 amide bonds. The lowest BCUT2D eigenvalue weighted by Crippen LogP contribution is -2.23. The van der Waals surface area contributed by atoms with Crippen LogP contribution in [0.2, 0.25) is 0 Å². The van der Waals surface area contributed by atoms with E-state index in [2.05, 4.69) is 35.4 Å². The van der Waals surface area contributed by atoms with Crippen molar-refractivity contribution in [1.29, 1.82) is 0 Å². The van der Waals surface area contributed by atoms with Crippen molar-refractivity contribution in [2.45, 2.75) is 32.9 Å². The molecule has 2 aromatic heterocycles. The second-order valence-corrected chi connectivity index (χ2v) is 7.16. The number of benzene rings is 1. The molecule has 1 aromatic carbocycles. The zero-order valence-electron chi connectivity index (χ0n) is 16.8. The molecule has 2 heterocycles. The third kappa shape index (κ3) is 5.33. The van der Waals surface area contributed by atoms with Gasteiger partial charge in [0.15, 0.2) is 0 Å². The molecule has 0 saturated carbocycles. The number of nitrogens with zero attached hydrogens (tertiary/aromatic N) is 3. The third-order valence-corrected chi connectivity index (χ3v) is 4.61. The van der Waals surface area contributed by atoms with Crippen molar-refractivity contribution in [3.8, 4) is 5.75 Å². The first kappa shape index (κ1) is 19.9. The van der Waals surface area contributed by atoms with E-state index in [4.69, 9.17) is 4.74 Å². The summed E-state index contributed by atoms with van der Waals surface area (Å²) in [6, 6.07) is 12.1. The Morgan fingerprint density at radius 2 is 2.00 bits per heavy atom. The van der Waals surface area contributed by atoms with E-state index in [-0.39, 0.29) is 5.91 Å². The summed E-state index contributed by atoms with van der Waals surface area (Å²) >= 11 is 0. The molecule has 0 saturated heterocycles. The highest BCUT2D eigenvalue weighted by molar-refractivity contribution is 5.75. The van der Waals surface area contributed by atoms with Gasteiger partial charge >= 0.3 is 0 Å². The Morgan fingerprint density at radius 1 is 1.21 bits per heavy atom. The second kappa shape index (κ2) is 9.37. The van der Waals surface area contributed by atoms with Gasteiger partial charge in [-0.25, -0.2) is 4.98 Å². The number of amides is 1. The van der Waals surface area contributed by atoms with E-state index in [1.807, 2.05) is 35.0 Å². The fourth-order valence-corrected chi connectivity index (χ4v) is 2.96. The van der Waals surface area contributed by atoms with E-state index in [9.17, 15) is 4.79 Å². The molecule has 0 bridgehead atoms. The molecule has 3 rings (SSSR count). The molecule has 0 spiro atoms. The van der Waals surface area contributed by atoms with Gasteiger partial charge in [0.25, 0.3) is 0 Å². The molecule has 0 aliphatic rings. The average molecular weight is 380 g/mol. The van der Waals surface area contributed by atoms with Crippen molar-refractivity contribution in [2.24, 2.45) is 0 Å². The van der Waals surface area contributed by atoms with Crippen LogP contribution >= 0.6 is 0 Å². The maximum atomic E-state index is 11.5. The van der Waals surface area contributed by atoms with Gasteiger partial charge in [0.05, 0.1) is 5.69 Å². The largest absolute Gasteiger partial charge is 0.487 e. The van der Waals surface area contributed by atoms with Crippen molar-refractivity contribution < 1.29 is 9.53 Å². The Morgan fingerprint density at radius 3 is 2.71 bits per heavy atom. The molecule has 0 atom stereocenters. The highest BCUT2D eigenvalue weighted by Gasteiger charge is 2.05. The number of nitrogens with one attached hydrogen (secondary N) is 1. The maximum absolute atomic E-state index is 11.5. The summed E-state index contributed by atoms with van der Waals surface area (Å²) < 4.78 is 7.89. The van der Waals surface area contributed by atoms with Gasteiger partial charge in [-0.2, -0.15) is 0 Å². The average Bonchev–Trinajstić information content (AvgIpc) is 3.11. The molecule has 0 fully saturated rings. The van der Waals surface area contributed by atoms with E-state index in [0.29, 0.717) is 13.0 Å². The minimum absolute atomic E-state index is 0.170. The molecule has 6 nitrogen and oxygen atoms in total. The van der Waals surface area contributed by atoms with Gasteiger partial charge in [-0.05, 0) is 49.2 Å². The van der Waals surface area contributed by atoms with Crippen LogP contribution in [0.5, 0.6) is 5.75 Å². The zero-order valence-corrected chi connectivity index (χ0v) is 16.8. The van der Waals surface area contributed by atoms with Crippen LogP contribution in [0.4, 0.5) is 0 Å². The van der Waals surface area contributed by atoms with Gasteiger partial charge in [0.2, 0.25) is 5.91 Å². The van der Waals surface area contributed by atoms with Gasteiger partial charge in [-0.3, -0.25) is 4.79 Å². The molecule has 6 heteroatoms. The Hall–Kier alpha value is -2.86. The van der Waals surface area contributed by atoms with Crippen molar-refractivity contribution in [2.75, 3.05) is 20.6 Å². The summed E-state index contributed by atoms with van der Waals surface area (Å²) in [7, 11) is 3.57. The molecular weight excluding hydrogens is 352 g/mol. The number of carbonyl (C=O) groups excluding carboxylic acids is 1. The Kier molecular flexibility index (Phi) is 6.66. The van der Waals surface area contributed by atoms with Crippen molar-refractivity contribution in [3.05, 3.63) is 65.6 Å². The van der Waals surface area contributed by atoms with Crippen molar-refractivity contribution in [3.63, 3.8) is 0 Å². The first-order chi connectivity index (χ1) is 13.5. The molecule has 1 N–H and O–H groups in total. The van der Waals surface area contributed by atoms with Crippen LogP contribution in [0.25, 0.3) is 5.65 Å². The number of aromatic nitrogens is 2. The topological polar surface area (TPSA) is 58.9 Å². The summed E-state index contributed by atoms with van der Waals surface area (Å²) in [6.07, 6.45) is 5.42. The fourth-order valence-electron chi connectivity index (χ4n) is 2.96. The standard InChI is InChI=1S/C22H28N4O2/c1-17-6-5-13-26-15-19(24-22(17)26)16-28-20-10-8-18(9-11-20)14-23-12-4-7-21(27)25(2)3/h5-6,8-11,13,15,23H,4,7,12,14,16H2,1-3H3. The van der Waals surface area contributed by atoms with Crippen LogP contribution < -0.4 is 10.1 Å². The molecule has 0 aliphatic carbocycles. The maximum Gasteiger partial charge on any atom is 0.222 e. The summed E-state index contributed by atoms with van der Waals surface area (Å²) in [6.45, 7) is 4.10. The lowest BCUT2D eigenvalue weighted by Gasteiger charge is -2.10. The number of fused-ring (bicyclic) bond motifs is 1. The van der Waals surface area contributed by atoms with Crippen LogP contribution in [-0.2, 0) is 17.9 Å². The van der Waals surface area contributed by atoms with Crippen LogP contribution in [0.15, 0.2) is 48.8 Å². The smallest absolute Gasteiger partial charge is 0.222 e. The van der Waals surface area contributed by atoms with Gasteiger partial charge in [-0.1, -0.05) is 18.2 Å². The first-order valence-electron chi connectivity index (χ1n) is 9.59. The molecular formula is C22H28N4O2. The van der Waals surface area contributed by atoms with Gasteiger partial charge in [-0.15, -0.1) is 0 Å². The van der Waals surface area contributed by atoms with E-state index in [0.717, 1.165) is 42.2 Å². The molecule has 3 aromatic rings. The molecule has 148 valence electrons. The lowest BCUT2D eigenvalue weighted by atomic mass is 10.2. The number of carbonyl (C=O) groups is 1. The summed E-state index contributed by atoms with van der Waals surface area (Å²) in [5.41, 5.74) is 4.22. The van der Waals surface area contributed by atoms with Crippen LogP contribution in [0.3, 0.4) is 0 Å². The monoisotopic (exact) mass is 380 g/mol. The minimum atomic E-state index is 0.170. The van der Waals surface area contributed by atoms with Crippen molar-refractivity contribution >= 4 is 11.6 Å². The van der Waals surface area contributed by atoms with Gasteiger partial charge in [0.1, 0.15) is 18.0 Å². The molecule has 0 aliphatic heterocycles. The summed E-state index contributed by atoms with van der Waals surface area (Å²) in [4.78, 5) is 17.8. The summed E-state index contributed by atoms with van der Waals surface area (Å²) in [5, 5.41) is 3.37. The Labute approximate surface area is 166 Å². The van der Waals surface area contributed by atoms with E-state index >= 15 is 0 Å². The van der Waals surface area contributed by atoms with E-state index in [1.165, 1.54) is 5.56 Å². The van der Waals surface area contributed by atoms with Crippen LogP contribution in [0, 0.1) is 6.92 Å². The number of rotatable bonds is 9. The predicted octanol–water partition coefficient (Wildman–Crippen LogP) is 3.18. The molecule has 0 radical (unpaired) electrons. The van der Waals surface area contributed by atoms with E-state index in [1.54, 1.807) is 19.0 Å². The fraction of sp³-hybridized carbons (Fsp3) is 0.364. The predicted molar refractivity (Wildman–Crippen MR) is 110 cm³/mol. The van der Waals surface area contributed by atoms with Crippen molar-refractivity contribution in [1.82, 2.24) is 19.6 Å².